The van der Waals surface area contributed by atoms with Gasteiger partial charge < -0.3 is 0 Å². The maximum absolute atomic E-state index is 12.6. The summed E-state index contributed by atoms with van der Waals surface area (Å²) in [7, 11) is 0. The van der Waals surface area contributed by atoms with E-state index in [9.17, 15) is 4.79 Å². The first-order valence-electron chi connectivity index (χ1n) is 8.34. The molecular weight excluding hydrogens is 336 g/mol. The molecule has 124 valence electrons. The Morgan fingerprint density at radius 2 is 1.62 bits per heavy atom. The molecule has 3 aromatic rings. The van der Waals surface area contributed by atoms with Crippen LogP contribution in [0.2, 0.25) is 0 Å². The fourth-order valence-electron chi connectivity index (χ4n) is 3.45. The number of carbonyl (C=O) groups is 1. The van der Waals surface area contributed by atoms with E-state index in [0.29, 0.717) is 11.7 Å². The molecule has 1 saturated carbocycles. The van der Waals surface area contributed by atoms with E-state index >= 15 is 0 Å². The number of Topliss-reactive ketones (excluding diaryl/α,β-unsaturated/α-hetero) is 1. The molecule has 1 fully saturated rings. The van der Waals surface area contributed by atoms with E-state index in [2.05, 4.69) is 24.3 Å². The molecule has 2 atom stereocenters. The molecule has 0 bridgehead atoms. The molecule has 0 heterocycles. The molecule has 0 aliphatic heterocycles. The van der Waals surface area contributed by atoms with Gasteiger partial charge in [0.2, 0.25) is 0 Å². The van der Waals surface area contributed by atoms with Crippen LogP contribution in [0, 0.1) is 5.92 Å². The molecule has 0 radical (unpaired) electrons. The van der Waals surface area contributed by atoms with Crippen LogP contribution in [-0.4, -0.2) is 5.78 Å². The van der Waals surface area contributed by atoms with Crippen LogP contribution in [0.15, 0.2) is 84.9 Å². The van der Waals surface area contributed by atoms with Gasteiger partial charge in [-0.2, -0.15) is 35.9 Å². The average Bonchev–Trinajstić information content (AvgIpc) is 3.38. The van der Waals surface area contributed by atoms with Crippen molar-refractivity contribution >= 4 is 5.78 Å². The van der Waals surface area contributed by atoms with Crippen molar-refractivity contribution in [3.63, 3.8) is 0 Å². The summed E-state index contributed by atoms with van der Waals surface area (Å²) in [5.74, 6) is 0.918. The van der Waals surface area contributed by atoms with Crippen molar-refractivity contribution in [3.05, 3.63) is 96.1 Å². The smallest absolute Gasteiger partial charge is 0.294 e. The summed E-state index contributed by atoms with van der Waals surface area (Å²) in [6, 6.07) is 28.2. The quantitative estimate of drug-likeness (QED) is 0.340. The molecule has 0 aromatic heterocycles. The number of rotatable bonds is 3. The van der Waals surface area contributed by atoms with E-state index in [0.717, 1.165) is 18.4 Å². The Bertz CT molecular complexity index is 666. The van der Waals surface area contributed by atoms with Crippen LogP contribution in [0.25, 0.3) is 0 Å². The van der Waals surface area contributed by atoms with Gasteiger partial charge >= 0.3 is 17.1 Å². The van der Waals surface area contributed by atoms with Crippen molar-refractivity contribution in [2.24, 2.45) is 5.92 Å². The van der Waals surface area contributed by atoms with Crippen LogP contribution in [0.5, 0.6) is 0 Å². The molecule has 0 amide bonds. The molecule has 2 unspecified atom stereocenters. The van der Waals surface area contributed by atoms with Gasteiger partial charge in [-0.05, 0) is 18.8 Å². The monoisotopic (exact) mass is 358 g/mol. The average molecular weight is 358 g/mol. The zero-order valence-electron chi connectivity index (χ0n) is 13.6. The minimum Gasteiger partial charge on any atom is -0.294 e. The van der Waals surface area contributed by atoms with E-state index in [4.69, 9.17) is 0 Å². The van der Waals surface area contributed by atoms with Gasteiger partial charge in [-0.15, -0.1) is 0 Å². The van der Waals surface area contributed by atoms with E-state index < -0.39 is 0 Å². The zero-order valence-corrected chi connectivity index (χ0v) is 14.7. The van der Waals surface area contributed by atoms with Gasteiger partial charge in [0.25, 0.3) is 0 Å². The first-order valence-corrected chi connectivity index (χ1v) is 8.34. The molecule has 0 N–H and O–H groups in total. The van der Waals surface area contributed by atoms with Crippen molar-refractivity contribution < 1.29 is 21.9 Å². The number of benzene rings is 1. The van der Waals surface area contributed by atoms with E-state index in [1.54, 1.807) is 0 Å². The summed E-state index contributed by atoms with van der Waals surface area (Å²) in [5, 5.41) is 0. The van der Waals surface area contributed by atoms with Crippen LogP contribution in [0.1, 0.15) is 41.1 Å². The Morgan fingerprint density at radius 1 is 0.875 bits per heavy atom. The van der Waals surface area contributed by atoms with Crippen LogP contribution < -0.4 is 0 Å². The third-order valence-corrected chi connectivity index (χ3v) is 4.58. The normalized spacial score (nSPS) is 19.0. The Kier molecular flexibility index (Phi) is 7.24. The van der Waals surface area contributed by atoms with Crippen molar-refractivity contribution in [3.8, 4) is 0 Å². The zero-order chi connectivity index (χ0) is 15.9. The van der Waals surface area contributed by atoms with Crippen LogP contribution >= 0.6 is 0 Å². The second-order valence-electron chi connectivity index (χ2n) is 6.05. The number of carbonyl (C=O) groups excluding carboxylic acids is 1. The molecule has 4 rings (SSSR count). The first-order chi connectivity index (χ1) is 11.4. The third kappa shape index (κ3) is 4.56. The standard InChI is InChI=1S/C17H17O.C5H5.Fe/c18-17(14-9-2-1-3-10-14)16-12-6-11-15(16)13-7-4-5-8-13;1-2-4-5-3-1;/h1-5,7-10,15-16H,6,11-12H2;1-5H;/q2*-1;+2. The van der Waals surface area contributed by atoms with Gasteiger partial charge in [0.1, 0.15) is 0 Å². The predicted octanol–water partition coefficient (Wildman–Crippen LogP) is 5.58. The van der Waals surface area contributed by atoms with Crippen molar-refractivity contribution in [2.75, 3.05) is 0 Å². The van der Waals surface area contributed by atoms with Crippen molar-refractivity contribution in [2.45, 2.75) is 25.2 Å². The molecule has 1 aliphatic carbocycles. The van der Waals surface area contributed by atoms with E-state index in [1.807, 2.05) is 60.7 Å². The SMILES string of the molecule is O=C(c1ccccc1)C1CCCC1c1ccc[cH-]1.[Fe+2].c1cc[cH-]c1. The van der Waals surface area contributed by atoms with Gasteiger partial charge in [-0.3, -0.25) is 4.79 Å². The number of ketones is 1. The molecule has 0 saturated heterocycles. The molecule has 1 nitrogen and oxygen atoms in total. The van der Waals surface area contributed by atoms with Crippen LogP contribution in [0.4, 0.5) is 0 Å². The van der Waals surface area contributed by atoms with Crippen molar-refractivity contribution in [1.29, 1.82) is 0 Å². The Morgan fingerprint density at radius 3 is 2.21 bits per heavy atom. The molecule has 3 aromatic carbocycles. The summed E-state index contributed by atoms with van der Waals surface area (Å²) < 4.78 is 0. The largest absolute Gasteiger partial charge is 2.00 e. The molecule has 24 heavy (non-hydrogen) atoms. The molecule has 2 heteroatoms. The maximum atomic E-state index is 12.6. The second-order valence-corrected chi connectivity index (χ2v) is 6.05. The first kappa shape index (κ1) is 18.4. The Hall–Kier alpha value is -1.89. The summed E-state index contributed by atoms with van der Waals surface area (Å²) in [5.41, 5.74) is 2.20. The summed E-state index contributed by atoms with van der Waals surface area (Å²) in [6.07, 6.45) is 3.34. The van der Waals surface area contributed by atoms with Crippen molar-refractivity contribution in [1.82, 2.24) is 0 Å². The summed E-state index contributed by atoms with van der Waals surface area (Å²) >= 11 is 0. The van der Waals surface area contributed by atoms with Crippen LogP contribution in [-0.2, 0) is 17.1 Å². The Balaban J connectivity index is 0.000000300. The molecular formula is C22H22FeO. The summed E-state index contributed by atoms with van der Waals surface area (Å²) in [4.78, 5) is 12.6. The predicted molar refractivity (Wildman–Crippen MR) is 94.9 cm³/mol. The molecule has 0 spiro atoms. The maximum Gasteiger partial charge on any atom is 2.00 e. The summed E-state index contributed by atoms with van der Waals surface area (Å²) in [6.45, 7) is 0. The topological polar surface area (TPSA) is 17.1 Å². The minimum atomic E-state index is 0. The Labute approximate surface area is 154 Å². The van der Waals surface area contributed by atoms with Gasteiger partial charge in [-0.1, -0.05) is 36.8 Å². The second kappa shape index (κ2) is 9.42. The molecule has 1 aliphatic rings. The van der Waals surface area contributed by atoms with E-state index in [-0.39, 0.29) is 23.0 Å². The number of hydrogen-bond acceptors (Lipinski definition) is 1. The third-order valence-electron chi connectivity index (χ3n) is 4.58. The van der Waals surface area contributed by atoms with Crippen LogP contribution in [0.3, 0.4) is 0 Å². The van der Waals surface area contributed by atoms with Gasteiger partial charge in [0.05, 0.1) is 0 Å². The fraction of sp³-hybridized carbons (Fsp3) is 0.227. The van der Waals surface area contributed by atoms with Gasteiger partial charge in [0, 0.05) is 11.5 Å². The number of hydrogen-bond donors (Lipinski definition) is 0. The van der Waals surface area contributed by atoms with Gasteiger partial charge in [-0.25, -0.2) is 24.3 Å². The van der Waals surface area contributed by atoms with Gasteiger partial charge in [0.15, 0.2) is 5.78 Å². The fourth-order valence-corrected chi connectivity index (χ4v) is 3.45. The van der Waals surface area contributed by atoms with E-state index in [1.165, 1.54) is 12.0 Å². The minimum absolute atomic E-state index is 0.